The zero-order valence-corrected chi connectivity index (χ0v) is 17.2. The average Bonchev–Trinajstić information content (AvgIpc) is 2.63. The van der Waals surface area contributed by atoms with Gasteiger partial charge in [-0.25, -0.2) is 0 Å². The molecule has 1 heterocycles. The van der Waals surface area contributed by atoms with Crippen LogP contribution in [0.5, 0.6) is 5.75 Å². The van der Waals surface area contributed by atoms with Crippen LogP contribution in [0, 0.1) is 5.92 Å². The Labute approximate surface area is 171 Å². The van der Waals surface area contributed by atoms with Crippen LogP contribution in [0.3, 0.4) is 0 Å². The first kappa shape index (κ1) is 24.3. The van der Waals surface area contributed by atoms with Crippen molar-refractivity contribution in [3.05, 3.63) is 29.3 Å². The minimum atomic E-state index is -4.37. The third kappa shape index (κ3) is 5.89. The minimum absolute atomic E-state index is 0. The Balaban J connectivity index is 0.00000182. The number of methoxy groups -OCH3 is 1. The predicted octanol–water partition coefficient (Wildman–Crippen LogP) is 5.08. The van der Waals surface area contributed by atoms with Gasteiger partial charge >= 0.3 is 6.18 Å². The highest BCUT2D eigenvalue weighted by Crippen LogP contribution is 2.44. The van der Waals surface area contributed by atoms with E-state index in [1.165, 1.54) is 13.5 Å². The number of ether oxygens (including phenoxy) is 1. The van der Waals surface area contributed by atoms with E-state index in [1.807, 2.05) is 0 Å². The highest BCUT2D eigenvalue weighted by atomic mass is 35.5. The van der Waals surface area contributed by atoms with E-state index in [-0.39, 0.29) is 36.6 Å². The highest BCUT2D eigenvalue weighted by molar-refractivity contribution is 5.85. The maximum Gasteiger partial charge on any atom is 0.416 e. The fourth-order valence-electron chi connectivity index (χ4n) is 4.32. The van der Waals surface area contributed by atoms with E-state index in [9.17, 15) is 13.2 Å². The van der Waals surface area contributed by atoms with Crippen molar-refractivity contribution in [2.75, 3.05) is 33.3 Å². The first-order valence-electron chi connectivity index (χ1n) is 9.20. The molecule has 1 atom stereocenters. The molecule has 3 nitrogen and oxygen atoms in total. The van der Waals surface area contributed by atoms with Crippen molar-refractivity contribution in [1.82, 2.24) is 10.2 Å². The van der Waals surface area contributed by atoms with Gasteiger partial charge in [0.05, 0.1) is 12.7 Å². The summed E-state index contributed by atoms with van der Waals surface area (Å²) >= 11 is 0. The monoisotopic (exact) mass is 428 g/mol. The molecule has 2 aliphatic rings. The topological polar surface area (TPSA) is 24.5 Å². The lowest BCUT2D eigenvalue weighted by Crippen LogP contribution is -2.47. The van der Waals surface area contributed by atoms with Gasteiger partial charge in [0.15, 0.2) is 0 Å². The summed E-state index contributed by atoms with van der Waals surface area (Å²) in [5, 5.41) is 3.30. The van der Waals surface area contributed by atoms with Crippen molar-refractivity contribution >= 4 is 24.8 Å². The Morgan fingerprint density at radius 1 is 1.07 bits per heavy atom. The van der Waals surface area contributed by atoms with Crippen LogP contribution >= 0.6 is 24.8 Å². The maximum atomic E-state index is 13.8. The molecule has 1 aliphatic carbocycles. The Morgan fingerprint density at radius 3 is 2.26 bits per heavy atom. The lowest BCUT2D eigenvalue weighted by atomic mass is 9.79. The molecule has 3 rings (SSSR count). The molecule has 0 radical (unpaired) electrons. The van der Waals surface area contributed by atoms with Crippen molar-refractivity contribution in [3.63, 3.8) is 0 Å². The molecule has 1 aliphatic heterocycles. The van der Waals surface area contributed by atoms with Gasteiger partial charge in [0, 0.05) is 32.2 Å². The van der Waals surface area contributed by atoms with E-state index in [2.05, 4.69) is 10.2 Å². The fourth-order valence-corrected chi connectivity index (χ4v) is 4.32. The first-order chi connectivity index (χ1) is 12.0. The van der Waals surface area contributed by atoms with Crippen LogP contribution in [0.2, 0.25) is 0 Å². The van der Waals surface area contributed by atoms with Crippen molar-refractivity contribution in [1.29, 1.82) is 0 Å². The van der Waals surface area contributed by atoms with Crippen LogP contribution in [-0.2, 0) is 6.18 Å². The van der Waals surface area contributed by atoms with Crippen molar-refractivity contribution in [2.24, 2.45) is 5.92 Å². The van der Waals surface area contributed by atoms with Gasteiger partial charge in [0.25, 0.3) is 0 Å². The van der Waals surface area contributed by atoms with E-state index in [0.29, 0.717) is 11.5 Å². The summed E-state index contributed by atoms with van der Waals surface area (Å²) in [5.74, 6) is 0.556. The molecule has 1 saturated carbocycles. The number of hydrogen-bond donors (Lipinski definition) is 1. The van der Waals surface area contributed by atoms with Gasteiger partial charge in [0.1, 0.15) is 5.75 Å². The zero-order chi connectivity index (χ0) is 17.9. The molecule has 27 heavy (non-hydrogen) atoms. The summed E-state index contributed by atoms with van der Waals surface area (Å²) in [4.78, 5) is 2.25. The number of nitrogens with zero attached hydrogens (tertiary/aromatic N) is 1. The molecule has 0 bridgehead atoms. The van der Waals surface area contributed by atoms with E-state index in [4.69, 9.17) is 4.74 Å². The second-order valence-corrected chi connectivity index (χ2v) is 7.08. The van der Waals surface area contributed by atoms with Crippen LogP contribution in [0.4, 0.5) is 13.2 Å². The van der Waals surface area contributed by atoms with Gasteiger partial charge in [0.2, 0.25) is 0 Å². The van der Waals surface area contributed by atoms with E-state index < -0.39 is 11.7 Å². The molecular formula is C19H29Cl2F3N2O. The number of alkyl halides is 3. The lowest BCUT2D eigenvalue weighted by molar-refractivity contribution is -0.139. The molecule has 0 amide bonds. The summed E-state index contributed by atoms with van der Waals surface area (Å²) in [7, 11) is 1.41. The Morgan fingerprint density at radius 2 is 1.70 bits per heavy atom. The first-order valence-corrected chi connectivity index (χ1v) is 9.20. The highest BCUT2D eigenvalue weighted by Gasteiger charge is 2.40. The van der Waals surface area contributed by atoms with E-state index in [1.54, 1.807) is 12.1 Å². The minimum Gasteiger partial charge on any atom is -0.497 e. The summed E-state index contributed by atoms with van der Waals surface area (Å²) < 4.78 is 46.4. The molecule has 0 aromatic heterocycles. The second kappa shape index (κ2) is 10.7. The zero-order valence-electron chi connectivity index (χ0n) is 15.6. The molecule has 2 fully saturated rings. The predicted molar refractivity (Wildman–Crippen MR) is 106 cm³/mol. The van der Waals surface area contributed by atoms with Gasteiger partial charge in [-0.3, -0.25) is 4.90 Å². The SMILES string of the molecule is COc1ccc([C@H](C2CCCCC2)N2CCNCC2)c(C(F)(F)F)c1.Cl.Cl. The number of nitrogens with one attached hydrogen (secondary N) is 1. The standard InChI is InChI=1S/C19H27F3N2O.2ClH/c1-25-15-7-8-16(17(13-15)19(20,21)22)18(14-5-3-2-4-6-14)24-11-9-23-10-12-24;;/h7-8,13-14,18,23H,2-6,9-12H2,1H3;2*1H/t18-;;/m0../s1. The third-order valence-corrected chi connectivity index (χ3v) is 5.53. The molecular weight excluding hydrogens is 400 g/mol. The van der Waals surface area contributed by atoms with E-state index in [0.717, 1.165) is 57.9 Å². The molecule has 0 spiro atoms. The molecule has 1 N–H and O–H groups in total. The van der Waals surface area contributed by atoms with Gasteiger partial charge in [-0.1, -0.05) is 25.3 Å². The number of rotatable bonds is 4. The molecule has 156 valence electrons. The maximum absolute atomic E-state index is 13.8. The van der Waals surface area contributed by atoms with Crippen molar-refractivity contribution in [3.8, 4) is 5.75 Å². The second-order valence-electron chi connectivity index (χ2n) is 7.08. The molecule has 0 unspecified atom stereocenters. The van der Waals surface area contributed by atoms with E-state index >= 15 is 0 Å². The van der Waals surface area contributed by atoms with Crippen molar-refractivity contribution in [2.45, 2.75) is 44.3 Å². The number of hydrogen-bond acceptors (Lipinski definition) is 3. The normalized spacial score (nSPS) is 20.3. The molecule has 1 aromatic rings. The largest absolute Gasteiger partial charge is 0.497 e. The Hall–Kier alpha value is -0.690. The molecule has 1 aromatic carbocycles. The fraction of sp³-hybridized carbons (Fsp3) is 0.684. The number of halogens is 5. The average molecular weight is 429 g/mol. The summed E-state index contributed by atoms with van der Waals surface area (Å²) in [6.07, 6.45) is 1.08. The van der Waals surface area contributed by atoms with Gasteiger partial charge in [-0.15, -0.1) is 24.8 Å². The number of benzene rings is 1. The van der Waals surface area contributed by atoms with Gasteiger partial charge < -0.3 is 10.1 Å². The van der Waals surface area contributed by atoms with Crippen LogP contribution in [0.15, 0.2) is 18.2 Å². The summed E-state index contributed by atoms with van der Waals surface area (Å²) in [5.41, 5.74) is -0.122. The van der Waals surface area contributed by atoms with Crippen LogP contribution in [0.25, 0.3) is 0 Å². The third-order valence-electron chi connectivity index (χ3n) is 5.53. The Kier molecular flexibility index (Phi) is 9.69. The van der Waals surface area contributed by atoms with Gasteiger partial charge in [-0.05, 0) is 36.5 Å². The van der Waals surface area contributed by atoms with Crippen LogP contribution in [0.1, 0.15) is 49.3 Å². The Bertz CT molecular complexity index is 557. The lowest BCUT2D eigenvalue weighted by Gasteiger charge is -2.42. The number of piperazine rings is 1. The van der Waals surface area contributed by atoms with Gasteiger partial charge in [-0.2, -0.15) is 13.2 Å². The molecule has 1 saturated heterocycles. The quantitative estimate of drug-likeness (QED) is 0.722. The summed E-state index contributed by atoms with van der Waals surface area (Å²) in [6.45, 7) is 3.26. The smallest absolute Gasteiger partial charge is 0.416 e. The van der Waals surface area contributed by atoms with Crippen molar-refractivity contribution < 1.29 is 17.9 Å². The van der Waals surface area contributed by atoms with Crippen LogP contribution in [-0.4, -0.2) is 38.2 Å². The summed E-state index contributed by atoms with van der Waals surface area (Å²) in [6, 6.07) is 4.31. The molecule has 8 heteroatoms. The van der Waals surface area contributed by atoms with Crippen LogP contribution < -0.4 is 10.1 Å².